The number of carbonyl (C=O) groups excluding carboxylic acids is 1. The number of nitrogens with one attached hydrogen (secondary N) is 1. The van der Waals surface area contributed by atoms with Gasteiger partial charge in [-0.3, -0.25) is 9.88 Å². The highest BCUT2D eigenvalue weighted by atomic mass is 35.5. The molecule has 4 heterocycles. The molecule has 2 unspecified atom stereocenters. The van der Waals surface area contributed by atoms with E-state index in [2.05, 4.69) is 27.9 Å². The molecule has 32 heavy (non-hydrogen) atoms. The third kappa shape index (κ3) is 4.57. The van der Waals surface area contributed by atoms with Gasteiger partial charge >= 0.3 is 6.09 Å². The lowest BCUT2D eigenvalue weighted by molar-refractivity contribution is -0.0506. The van der Waals surface area contributed by atoms with E-state index in [4.69, 9.17) is 21.1 Å². The van der Waals surface area contributed by atoms with Crippen molar-refractivity contribution in [3.05, 3.63) is 48.7 Å². The zero-order valence-corrected chi connectivity index (χ0v) is 19.8. The number of alkyl halides is 1. The molecular weight excluding hydrogens is 426 g/mol. The van der Waals surface area contributed by atoms with Crippen LogP contribution in [0.5, 0.6) is 5.75 Å². The van der Waals surface area contributed by atoms with Crippen LogP contribution in [-0.4, -0.2) is 53.6 Å². The predicted molar refractivity (Wildman–Crippen MR) is 127 cm³/mol. The highest BCUT2D eigenvalue weighted by molar-refractivity contribution is 6.18. The first-order chi connectivity index (χ1) is 15.3. The van der Waals surface area contributed by atoms with Crippen LogP contribution in [0.1, 0.15) is 38.4 Å². The second-order valence-corrected chi connectivity index (χ2v) is 9.77. The summed E-state index contributed by atoms with van der Waals surface area (Å²) in [5.74, 6) is 2.08. The lowest BCUT2D eigenvalue weighted by Gasteiger charge is -2.51. The van der Waals surface area contributed by atoms with Gasteiger partial charge in [0.1, 0.15) is 11.9 Å². The normalized spacial score (nSPS) is 25.9. The Hall–Kier alpha value is -2.31. The van der Waals surface area contributed by atoms with Crippen LogP contribution < -0.4 is 10.1 Å². The number of halogens is 1. The zero-order valence-electron chi connectivity index (χ0n) is 19.0. The highest BCUT2D eigenvalue weighted by Crippen LogP contribution is 2.43. The number of methoxy groups -OCH3 is 1. The minimum absolute atomic E-state index is 0.0895. The van der Waals surface area contributed by atoms with E-state index in [9.17, 15) is 4.79 Å². The van der Waals surface area contributed by atoms with Crippen LogP contribution in [-0.2, 0) is 4.74 Å². The van der Waals surface area contributed by atoms with E-state index >= 15 is 0 Å². The molecule has 3 fully saturated rings. The van der Waals surface area contributed by atoms with Gasteiger partial charge in [-0.25, -0.2) is 4.79 Å². The number of hydrogen-bond donors (Lipinski definition) is 1. The number of fused-ring (bicyclic) bond motifs is 4. The number of piperidine rings is 3. The average molecular weight is 458 g/mol. The maximum Gasteiger partial charge on any atom is 0.408 e. The first kappa shape index (κ1) is 22.9. The molecule has 2 bridgehead atoms. The van der Waals surface area contributed by atoms with Crippen molar-refractivity contribution in [1.82, 2.24) is 15.2 Å². The van der Waals surface area contributed by atoms with E-state index in [1.165, 1.54) is 0 Å². The molecule has 3 saturated heterocycles. The molecule has 1 aromatic carbocycles. The fourth-order valence-electron chi connectivity index (χ4n) is 5.02. The smallest absolute Gasteiger partial charge is 0.408 e. The molecule has 0 radical (unpaired) electrons. The number of rotatable bonds is 7. The Morgan fingerprint density at radius 2 is 2.25 bits per heavy atom. The fraction of sp³-hybridized carbons (Fsp3) is 0.520. The largest absolute Gasteiger partial charge is 0.497 e. The Balaban J connectivity index is 1.73. The summed E-state index contributed by atoms with van der Waals surface area (Å²) in [6.45, 7) is 9.73. The second-order valence-electron chi connectivity index (χ2n) is 9.50. The summed E-state index contributed by atoms with van der Waals surface area (Å²) in [4.78, 5) is 19.9. The molecule has 1 amide bonds. The van der Waals surface area contributed by atoms with Crippen LogP contribution >= 0.6 is 11.6 Å². The van der Waals surface area contributed by atoms with Crippen LogP contribution in [0.3, 0.4) is 0 Å². The Labute approximate surface area is 194 Å². The Morgan fingerprint density at radius 3 is 2.91 bits per heavy atom. The number of aromatic nitrogens is 1. The van der Waals surface area contributed by atoms with E-state index in [-0.39, 0.29) is 6.04 Å². The number of nitrogens with zero attached hydrogens (tertiary/aromatic N) is 2. The molecule has 7 heteroatoms. The molecule has 1 N–H and O–H groups in total. The monoisotopic (exact) mass is 457 g/mol. The lowest BCUT2D eigenvalue weighted by atomic mass is 9.73. The molecule has 5 atom stereocenters. The summed E-state index contributed by atoms with van der Waals surface area (Å²) in [6, 6.07) is 7.85. The van der Waals surface area contributed by atoms with E-state index in [0.29, 0.717) is 17.7 Å². The van der Waals surface area contributed by atoms with Crippen LogP contribution in [0.15, 0.2) is 43.1 Å². The van der Waals surface area contributed by atoms with E-state index in [1.54, 1.807) is 13.3 Å². The number of hydrogen-bond acceptors (Lipinski definition) is 5. The van der Waals surface area contributed by atoms with Gasteiger partial charge in [0.2, 0.25) is 0 Å². The topological polar surface area (TPSA) is 63.7 Å². The van der Waals surface area contributed by atoms with Crippen LogP contribution in [0, 0.1) is 11.8 Å². The van der Waals surface area contributed by atoms with Gasteiger partial charge in [-0.05, 0) is 69.3 Å². The van der Waals surface area contributed by atoms with Crippen molar-refractivity contribution < 1.29 is 14.3 Å². The number of pyridine rings is 1. The summed E-state index contributed by atoms with van der Waals surface area (Å²) < 4.78 is 11.6. The lowest BCUT2D eigenvalue weighted by Crippen LogP contribution is -2.56. The van der Waals surface area contributed by atoms with Gasteiger partial charge in [-0.1, -0.05) is 6.08 Å². The quantitative estimate of drug-likeness (QED) is 0.472. The second kappa shape index (κ2) is 9.28. The third-order valence-corrected chi connectivity index (χ3v) is 7.47. The van der Waals surface area contributed by atoms with E-state index < -0.39 is 17.7 Å². The molecular formula is C25H32ClN3O3. The summed E-state index contributed by atoms with van der Waals surface area (Å²) in [6.07, 6.45) is 5.07. The number of alkyl carbamates (subject to hydrolysis) is 1. The molecule has 0 saturated carbocycles. The van der Waals surface area contributed by atoms with Gasteiger partial charge in [0.25, 0.3) is 0 Å². The van der Waals surface area contributed by atoms with Crippen molar-refractivity contribution in [2.75, 3.05) is 26.1 Å². The molecule has 0 spiro atoms. The fourth-order valence-corrected chi connectivity index (χ4v) is 5.08. The first-order valence-electron chi connectivity index (χ1n) is 11.2. The molecule has 6 nitrogen and oxygen atoms in total. The van der Waals surface area contributed by atoms with Gasteiger partial charge in [0, 0.05) is 29.6 Å². The van der Waals surface area contributed by atoms with Crippen molar-refractivity contribution in [3.8, 4) is 5.75 Å². The summed E-state index contributed by atoms with van der Waals surface area (Å²) in [5, 5.41) is 3.85. The third-order valence-electron chi connectivity index (χ3n) is 6.80. The van der Waals surface area contributed by atoms with Gasteiger partial charge in [-0.15, -0.1) is 18.2 Å². The van der Waals surface area contributed by atoms with Crippen LogP contribution in [0.25, 0.3) is 10.9 Å². The maximum absolute atomic E-state index is 13.0. The van der Waals surface area contributed by atoms with Crippen molar-refractivity contribution in [2.45, 2.75) is 44.4 Å². The molecule has 3 aliphatic heterocycles. The average Bonchev–Trinajstić information content (AvgIpc) is 2.81. The van der Waals surface area contributed by atoms with Gasteiger partial charge in [0.15, 0.2) is 0 Å². The zero-order chi connectivity index (χ0) is 22.9. The Morgan fingerprint density at radius 1 is 1.44 bits per heavy atom. The van der Waals surface area contributed by atoms with Gasteiger partial charge in [-0.2, -0.15) is 0 Å². The molecule has 5 rings (SSSR count). The number of ether oxygens (including phenoxy) is 2. The van der Waals surface area contributed by atoms with Crippen molar-refractivity contribution >= 4 is 28.6 Å². The van der Waals surface area contributed by atoms with E-state index in [1.807, 2.05) is 38.1 Å². The summed E-state index contributed by atoms with van der Waals surface area (Å²) >= 11 is 6.02. The van der Waals surface area contributed by atoms with Gasteiger partial charge < -0.3 is 14.8 Å². The van der Waals surface area contributed by atoms with Crippen molar-refractivity contribution in [2.24, 2.45) is 11.8 Å². The van der Waals surface area contributed by atoms with Crippen molar-refractivity contribution in [1.29, 1.82) is 0 Å². The number of benzene rings is 1. The summed E-state index contributed by atoms with van der Waals surface area (Å²) in [7, 11) is 1.65. The van der Waals surface area contributed by atoms with Crippen LogP contribution in [0.4, 0.5) is 4.79 Å². The predicted octanol–water partition coefficient (Wildman–Crippen LogP) is 4.92. The highest BCUT2D eigenvalue weighted by Gasteiger charge is 2.44. The molecule has 2 aromatic rings. The summed E-state index contributed by atoms with van der Waals surface area (Å²) in [5.41, 5.74) is 1.23. The minimum atomic E-state index is -0.563. The molecule has 1 aromatic heterocycles. The van der Waals surface area contributed by atoms with Crippen LogP contribution in [0.2, 0.25) is 0 Å². The van der Waals surface area contributed by atoms with Crippen molar-refractivity contribution in [3.63, 3.8) is 0 Å². The van der Waals surface area contributed by atoms with E-state index in [0.717, 1.165) is 48.1 Å². The molecule has 172 valence electrons. The van der Waals surface area contributed by atoms with Gasteiger partial charge in [0.05, 0.1) is 24.2 Å². The Kier molecular flexibility index (Phi) is 6.63. The SMILES string of the molecule is C=C[C@H]1CN2CCC1C[C@H]2[C@H](OC(=O)NC(C)(C)CCl)c1ccnc2ccc(OC)cc12. The maximum atomic E-state index is 13.0. The minimum Gasteiger partial charge on any atom is -0.497 e. The molecule has 3 aliphatic rings. The first-order valence-corrected chi connectivity index (χ1v) is 11.7. The number of amides is 1. The molecule has 0 aliphatic carbocycles. The number of carbonyl (C=O) groups is 1. The Bertz CT molecular complexity index is 996. The standard InChI is InChI=1S/C25H32ClN3O3/c1-5-16-14-29-11-9-17(16)12-22(29)23(32-24(30)28-25(2,3)15-26)19-8-10-27-21-7-6-18(31-4)13-20(19)21/h5-8,10,13,16-17,22-23H,1,9,11-12,14-15H2,2-4H3,(H,28,30)/t16-,17?,22-,23+/m0/s1.